The summed E-state index contributed by atoms with van der Waals surface area (Å²) < 4.78 is 26.9. The Morgan fingerprint density at radius 2 is 1.66 bits per heavy atom. The molecule has 0 aromatic heterocycles. The maximum atomic E-state index is 13.7. The van der Waals surface area contributed by atoms with Gasteiger partial charge in [-0.15, -0.1) is 0 Å². The Hall–Kier alpha value is -2.56. The van der Waals surface area contributed by atoms with Crippen LogP contribution in [0.5, 0.6) is 11.5 Å². The molecule has 1 aromatic rings. The van der Waals surface area contributed by atoms with Gasteiger partial charge < -0.3 is 38.8 Å². The molecule has 214 valence electrons. The van der Waals surface area contributed by atoms with Crippen molar-refractivity contribution in [3.8, 4) is 11.5 Å². The first-order valence-corrected chi connectivity index (χ1v) is 13.6. The van der Waals surface area contributed by atoms with Crippen LogP contribution in [-0.2, 0) is 14.2 Å². The van der Waals surface area contributed by atoms with E-state index in [4.69, 9.17) is 23.7 Å². The largest absolute Gasteiger partial charge is 0.493 e. The van der Waals surface area contributed by atoms with Crippen molar-refractivity contribution in [3.05, 3.63) is 23.8 Å². The molecule has 10 heteroatoms. The van der Waals surface area contributed by atoms with Crippen molar-refractivity contribution in [2.75, 3.05) is 73.9 Å². The molecule has 2 fully saturated rings. The van der Waals surface area contributed by atoms with E-state index < -0.39 is 0 Å². The minimum Gasteiger partial charge on any atom is -0.493 e. The highest BCUT2D eigenvalue weighted by atomic mass is 16.6. The van der Waals surface area contributed by atoms with Crippen LogP contribution < -0.4 is 14.8 Å². The Kier molecular flexibility index (Phi) is 11.9. The highest BCUT2D eigenvalue weighted by Gasteiger charge is 2.39. The molecule has 0 radical (unpaired) electrons. The van der Waals surface area contributed by atoms with Crippen molar-refractivity contribution < 1.29 is 33.3 Å². The molecular formula is C28H45N3O7. The van der Waals surface area contributed by atoms with Crippen LogP contribution >= 0.6 is 0 Å². The minimum atomic E-state index is -0.275. The smallest absolute Gasteiger partial charge is 0.410 e. The monoisotopic (exact) mass is 535 g/mol. The van der Waals surface area contributed by atoms with E-state index in [0.29, 0.717) is 50.0 Å². The molecule has 2 amide bonds. The molecule has 1 N–H and O–H groups in total. The molecule has 0 spiro atoms. The minimum absolute atomic E-state index is 0.00969. The van der Waals surface area contributed by atoms with Crippen LogP contribution in [0.4, 0.5) is 4.79 Å². The van der Waals surface area contributed by atoms with Crippen LogP contribution in [-0.4, -0.2) is 108 Å². The quantitative estimate of drug-likeness (QED) is 0.323. The van der Waals surface area contributed by atoms with Gasteiger partial charge in [-0.25, -0.2) is 4.79 Å². The maximum Gasteiger partial charge on any atom is 0.410 e. The predicted molar refractivity (Wildman–Crippen MR) is 144 cm³/mol. The molecule has 2 aliphatic rings. The van der Waals surface area contributed by atoms with Crippen molar-refractivity contribution >= 4 is 12.0 Å². The zero-order valence-corrected chi connectivity index (χ0v) is 23.6. The Bertz CT molecular complexity index is 893. The lowest BCUT2D eigenvalue weighted by Crippen LogP contribution is -2.45. The van der Waals surface area contributed by atoms with Crippen LogP contribution in [0.1, 0.15) is 43.5 Å². The first-order chi connectivity index (χ1) is 18.4. The molecule has 38 heavy (non-hydrogen) atoms. The van der Waals surface area contributed by atoms with Crippen molar-refractivity contribution in [2.24, 2.45) is 11.8 Å². The van der Waals surface area contributed by atoms with E-state index in [-0.39, 0.29) is 42.5 Å². The maximum absolute atomic E-state index is 13.7. The molecule has 1 unspecified atom stereocenters. The number of benzene rings is 1. The normalized spacial score (nSPS) is 18.9. The first kappa shape index (κ1) is 30.0. The molecule has 2 atom stereocenters. The molecule has 1 saturated carbocycles. The Labute approximate surface area is 226 Å². The zero-order valence-electron chi connectivity index (χ0n) is 23.6. The lowest BCUT2D eigenvalue weighted by atomic mass is 9.94. The first-order valence-electron chi connectivity index (χ1n) is 13.6. The third kappa shape index (κ3) is 8.47. The van der Waals surface area contributed by atoms with E-state index in [9.17, 15) is 9.59 Å². The Morgan fingerprint density at radius 3 is 2.29 bits per heavy atom. The van der Waals surface area contributed by atoms with Crippen LogP contribution in [0.2, 0.25) is 0 Å². The summed E-state index contributed by atoms with van der Waals surface area (Å²) in [6.45, 7) is 8.59. The fourth-order valence-electron chi connectivity index (χ4n) is 4.78. The predicted octanol–water partition coefficient (Wildman–Crippen LogP) is 3.04. The van der Waals surface area contributed by atoms with Gasteiger partial charge >= 0.3 is 6.09 Å². The number of hydrogen-bond donors (Lipinski definition) is 1. The summed E-state index contributed by atoms with van der Waals surface area (Å²) in [4.78, 5) is 30.2. The van der Waals surface area contributed by atoms with E-state index in [2.05, 4.69) is 5.32 Å². The Balaban J connectivity index is 1.67. The second-order valence-electron chi connectivity index (χ2n) is 10.3. The van der Waals surface area contributed by atoms with Gasteiger partial charge in [-0.3, -0.25) is 4.79 Å². The van der Waals surface area contributed by atoms with Gasteiger partial charge in [0.15, 0.2) is 11.5 Å². The summed E-state index contributed by atoms with van der Waals surface area (Å²) >= 11 is 0. The molecule has 1 aliphatic carbocycles. The highest BCUT2D eigenvalue weighted by molar-refractivity contribution is 5.95. The summed E-state index contributed by atoms with van der Waals surface area (Å²) in [7, 11) is 4.83. The van der Waals surface area contributed by atoms with Gasteiger partial charge in [0.1, 0.15) is 6.61 Å². The molecule has 1 aromatic carbocycles. The van der Waals surface area contributed by atoms with Crippen LogP contribution in [0.25, 0.3) is 0 Å². The van der Waals surface area contributed by atoms with E-state index in [1.54, 1.807) is 39.5 Å². The van der Waals surface area contributed by atoms with Gasteiger partial charge in [-0.1, -0.05) is 0 Å². The van der Waals surface area contributed by atoms with Gasteiger partial charge in [0.05, 0.1) is 20.3 Å². The van der Waals surface area contributed by atoms with Crippen molar-refractivity contribution in [1.29, 1.82) is 0 Å². The number of amides is 2. The Morgan fingerprint density at radius 1 is 0.947 bits per heavy atom. The van der Waals surface area contributed by atoms with Gasteiger partial charge in [-0.05, 0) is 56.7 Å². The number of methoxy groups -OCH3 is 3. The van der Waals surface area contributed by atoms with E-state index >= 15 is 0 Å². The number of hydrogen-bond acceptors (Lipinski definition) is 8. The summed E-state index contributed by atoms with van der Waals surface area (Å²) in [6.07, 6.45) is 2.48. The van der Waals surface area contributed by atoms with E-state index in [1.165, 1.54) is 0 Å². The molecule has 1 saturated heterocycles. The summed E-state index contributed by atoms with van der Waals surface area (Å²) in [5.74, 6) is 1.54. The second kappa shape index (κ2) is 15.1. The van der Waals surface area contributed by atoms with Crippen molar-refractivity contribution in [3.63, 3.8) is 0 Å². The van der Waals surface area contributed by atoms with E-state index in [1.807, 2.05) is 23.6 Å². The summed E-state index contributed by atoms with van der Waals surface area (Å²) in [5, 5.41) is 3.48. The van der Waals surface area contributed by atoms with Crippen molar-refractivity contribution in [2.45, 2.75) is 45.2 Å². The van der Waals surface area contributed by atoms with Crippen molar-refractivity contribution in [1.82, 2.24) is 15.1 Å². The summed E-state index contributed by atoms with van der Waals surface area (Å²) in [6, 6.07) is 5.58. The van der Waals surface area contributed by atoms with Crippen LogP contribution in [0, 0.1) is 11.8 Å². The number of nitrogens with one attached hydrogen (secondary N) is 1. The van der Waals surface area contributed by atoms with E-state index in [0.717, 1.165) is 32.4 Å². The lowest BCUT2D eigenvalue weighted by molar-refractivity contribution is 0.0580. The number of nitrogens with zero attached hydrogens (tertiary/aromatic N) is 2. The lowest BCUT2D eigenvalue weighted by Gasteiger charge is -2.33. The third-order valence-electron chi connectivity index (χ3n) is 7.12. The highest BCUT2D eigenvalue weighted by Crippen LogP contribution is 2.32. The molecule has 10 nitrogen and oxygen atoms in total. The molecule has 1 heterocycles. The molecule has 3 rings (SSSR count). The average molecular weight is 536 g/mol. The van der Waals surface area contributed by atoms with Crippen LogP contribution in [0.3, 0.4) is 0 Å². The van der Waals surface area contributed by atoms with Crippen LogP contribution in [0.15, 0.2) is 18.2 Å². The van der Waals surface area contributed by atoms with Gasteiger partial charge in [-0.2, -0.15) is 0 Å². The molecule has 1 aliphatic heterocycles. The number of ether oxygens (including phenoxy) is 5. The molecule has 0 bridgehead atoms. The fraction of sp³-hybridized carbons (Fsp3) is 0.714. The number of carbonyl (C=O) groups is 2. The zero-order chi connectivity index (χ0) is 27.5. The fourth-order valence-corrected chi connectivity index (χ4v) is 4.78. The van der Waals surface area contributed by atoms with Gasteiger partial charge in [0.25, 0.3) is 5.91 Å². The third-order valence-corrected chi connectivity index (χ3v) is 7.12. The van der Waals surface area contributed by atoms with Gasteiger partial charge in [0, 0.05) is 71.1 Å². The molecular weight excluding hydrogens is 490 g/mol. The SMILES string of the molecule is COCCCOc1cc(C(=O)N(C[C@@H]2CNCC2CN(C(=O)OCCOC)C2CC2)C(C)C)ccc1OC. The standard InChI is InChI=1S/C28H45N3O7/c1-20(2)30(27(32)21-7-10-25(36-5)26(15-21)37-12-6-11-34-3)18-22-16-29-17-23(22)19-31(24-8-9-24)28(33)38-14-13-35-4/h7,10,15,20,22-24,29H,6,8-9,11-14,16-19H2,1-5H3/t22-,23?/m0/s1. The number of rotatable bonds is 16. The summed E-state index contributed by atoms with van der Waals surface area (Å²) in [5.41, 5.74) is 0.560. The average Bonchev–Trinajstić information content (AvgIpc) is 3.66. The van der Waals surface area contributed by atoms with Gasteiger partial charge in [0.2, 0.25) is 0 Å². The number of carbonyl (C=O) groups excluding carboxylic acids is 2. The topological polar surface area (TPSA) is 98.8 Å². The second-order valence-corrected chi connectivity index (χ2v) is 10.3.